The van der Waals surface area contributed by atoms with Crippen LogP contribution in [0, 0.1) is 19.8 Å². The zero-order chi connectivity index (χ0) is 39.1. The summed E-state index contributed by atoms with van der Waals surface area (Å²) in [4.78, 5) is 0. The maximum Gasteiger partial charge on any atom is 0.217 e. The fourth-order valence-electron chi connectivity index (χ4n) is 11.0. The molecule has 0 saturated heterocycles. The molecular formula is C55H45BN2. The number of aryl methyl sites for hydroxylation is 2. The predicted octanol–water partition coefficient (Wildman–Crippen LogP) is 13.0. The Hall–Kier alpha value is -6.58. The summed E-state index contributed by atoms with van der Waals surface area (Å²) in [5, 5.41) is 7.74. The normalized spacial score (nSPS) is 16.8. The van der Waals surface area contributed by atoms with E-state index >= 15 is 0 Å². The maximum atomic E-state index is 2.56. The number of para-hydroxylation sites is 3. The largest absolute Gasteiger partial charge is 0.307 e. The van der Waals surface area contributed by atoms with Gasteiger partial charge in [0.05, 0.1) is 22.1 Å². The van der Waals surface area contributed by atoms with Crippen LogP contribution in [0.2, 0.25) is 5.82 Å². The van der Waals surface area contributed by atoms with Gasteiger partial charge in [0, 0.05) is 32.9 Å². The summed E-state index contributed by atoms with van der Waals surface area (Å²) in [6, 6.07) is 54.3. The lowest BCUT2D eigenvalue weighted by molar-refractivity contribution is 0.658. The van der Waals surface area contributed by atoms with Crippen LogP contribution in [-0.2, 0) is 0 Å². The predicted molar refractivity (Wildman–Crippen MR) is 250 cm³/mol. The Bertz CT molecular complexity index is 3240. The van der Waals surface area contributed by atoms with Gasteiger partial charge in [0.15, 0.2) is 0 Å². The molecule has 2 atom stereocenters. The highest BCUT2D eigenvalue weighted by Crippen LogP contribution is 2.45. The lowest BCUT2D eigenvalue weighted by atomic mass is 9.28. The Kier molecular flexibility index (Phi) is 8.08. The Morgan fingerprint density at radius 2 is 1.19 bits per heavy atom. The lowest BCUT2D eigenvalue weighted by Gasteiger charge is -2.37. The molecule has 2 heterocycles. The molecule has 9 aromatic rings. The van der Waals surface area contributed by atoms with Crippen molar-refractivity contribution >= 4 is 72.0 Å². The van der Waals surface area contributed by atoms with Crippen molar-refractivity contribution in [3.05, 3.63) is 204 Å². The molecule has 0 fully saturated rings. The van der Waals surface area contributed by atoms with Crippen LogP contribution in [0.3, 0.4) is 0 Å². The minimum absolute atomic E-state index is 0.147. The summed E-state index contributed by atoms with van der Waals surface area (Å²) in [7, 11) is 0. The third-order valence-corrected chi connectivity index (χ3v) is 13.4. The van der Waals surface area contributed by atoms with E-state index in [-0.39, 0.29) is 12.5 Å². The Morgan fingerprint density at radius 1 is 0.569 bits per heavy atom. The molecule has 0 saturated carbocycles. The molecule has 2 nitrogen and oxygen atoms in total. The molecule has 3 heteroatoms. The van der Waals surface area contributed by atoms with Gasteiger partial charge in [0.25, 0.3) is 0 Å². The molecule has 2 aliphatic rings. The van der Waals surface area contributed by atoms with Gasteiger partial charge in [-0.1, -0.05) is 169 Å². The maximum absolute atomic E-state index is 2.56. The smallest absolute Gasteiger partial charge is 0.217 e. The molecule has 7 aromatic carbocycles. The van der Waals surface area contributed by atoms with Crippen LogP contribution in [0.5, 0.6) is 0 Å². The van der Waals surface area contributed by atoms with E-state index in [9.17, 15) is 0 Å². The van der Waals surface area contributed by atoms with Crippen LogP contribution < -0.4 is 10.9 Å². The molecule has 11 rings (SSSR count). The zero-order valence-corrected chi connectivity index (χ0v) is 33.6. The monoisotopic (exact) mass is 744 g/mol. The standard InChI is InChI=1S/C55H45BN2/c1-35-32-39-18-8-5-13-24-44(39)37(3)52(35)56(53-36(2)33-40-19-14-15-25-45(40)38(53)4)41-28-31-51-49(34-41)48-30-29-47-46-26-16-17-27-50(46)57(42-20-9-6-10-21-42)54(47)55(48)58(51)43-22-11-7-12-23-43/h5-17,19-34,37,52H,18H2,1-4H3. The van der Waals surface area contributed by atoms with Crippen molar-refractivity contribution in [3.8, 4) is 11.4 Å². The van der Waals surface area contributed by atoms with Gasteiger partial charge in [-0.15, -0.1) is 0 Å². The molecule has 0 spiro atoms. The number of nitrogens with zero attached hydrogens (tertiary/aromatic N) is 2. The molecule has 278 valence electrons. The van der Waals surface area contributed by atoms with Gasteiger partial charge in [-0.2, -0.15) is 0 Å². The van der Waals surface area contributed by atoms with Gasteiger partial charge >= 0.3 is 0 Å². The zero-order valence-electron chi connectivity index (χ0n) is 33.6. The summed E-state index contributed by atoms with van der Waals surface area (Å²) in [5.74, 6) is 0.626. The highest BCUT2D eigenvalue weighted by atomic mass is 15.0. The van der Waals surface area contributed by atoms with Gasteiger partial charge in [-0.25, -0.2) is 0 Å². The van der Waals surface area contributed by atoms with Gasteiger partial charge in [0.1, 0.15) is 0 Å². The molecule has 2 unspecified atom stereocenters. The number of rotatable bonds is 5. The summed E-state index contributed by atoms with van der Waals surface area (Å²) >= 11 is 0. The van der Waals surface area contributed by atoms with E-state index in [0.717, 1.165) is 6.42 Å². The number of fused-ring (bicyclic) bond motifs is 8. The first kappa shape index (κ1) is 34.7. The molecule has 0 bridgehead atoms. The SMILES string of the molecule is CC1=CC2=C(C=CC=CC2)C(C)C1B(c1ccc2c(c1)c1ccc3c4ccccc4n(-c4ccccc4)c3c1n2-c1ccccc1)c1c(C)cc2ccccc2c1C. The molecule has 0 radical (unpaired) electrons. The van der Waals surface area contributed by atoms with Gasteiger partial charge < -0.3 is 9.13 Å². The topological polar surface area (TPSA) is 9.86 Å². The number of hydrogen-bond donors (Lipinski definition) is 0. The number of benzene rings is 7. The van der Waals surface area contributed by atoms with Crippen LogP contribution in [0.1, 0.15) is 31.4 Å². The molecule has 0 amide bonds. The second-order valence-electron chi connectivity index (χ2n) is 16.6. The van der Waals surface area contributed by atoms with Crippen LogP contribution in [0.25, 0.3) is 65.8 Å². The van der Waals surface area contributed by atoms with E-state index in [1.807, 2.05) is 0 Å². The highest BCUT2D eigenvalue weighted by Gasteiger charge is 2.40. The van der Waals surface area contributed by atoms with Crippen molar-refractivity contribution in [2.24, 2.45) is 5.92 Å². The fourth-order valence-corrected chi connectivity index (χ4v) is 11.0. The van der Waals surface area contributed by atoms with E-state index < -0.39 is 0 Å². The van der Waals surface area contributed by atoms with Crippen molar-refractivity contribution in [2.75, 3.05) is 0 Å². The second-order valence-corrected chi connectivity index (χ2v) is 16.6. The Balaban J connectivity index is 1.24. The van der Waals surface area contributed by atoms with E-state index in [2.05, 4.69) is 213 Å². The average Bonchev–Trinajstić information content (AvgIpc) is 3.65. The Morgan fingerprint density at radius 3 is 1.91 bits per heavy atom. The first-order valence-corrected chi connectivity index (χ1v) is 20.8. The number of aromatic nitrogens is 2. The Labute approximate surface area is 340 Å². The minimum atomic E-state index is 0.147. The van der Waals surface area contributed by atoms with Gasteiger partial charge in [-0.05, 0) is 103 Å². The van der Waals surface area contributed by atoms with E-state index in [0.29, 0.717) is 5.92 Å². The van der Waals surface area contributed by atoms with Crippen LogP contribution in [0.15, 0.2) is 193 Å². The minimum Gasteiger partial charge on any atom is -0.307 e. The molecule has 58 heavy (non-hydrogen) atoms. The molecule has 0 N–H and O–H groups in total. The average molecular weight is 745 g/mol. The second kappa shape index (κ2) is 13.5. The van der Waals surface area contributed by atoms with Crippen molar-refractivity contribution in [2.45, 2.75) is 39.9 Å². The number of hydrogen-bond acceptors (Lipinski definition) is 0. The highest BCUT2D eigenvalue weighted by molar-refractivity contribution is 6.88. The summed E-state index contributed by atoms with van der Waals surface area (Å²) in [6.07, 6.45) is 12.6. The molecule has 0 aliphatic heterocycles. The van der Waals surface area contributed by atoms with E-state index in [1.165, 1.54) is 105 Å². The number of allylic oxidation sites excluding steroid dienone is 8. The van der Waals surface area contributed by atoms with E-state index in [1.54, 1.807) is 0 Å². The summed E-state index contributed by atoms with van der Waals surface area (Å²) in [5.41, 5.74) is 17.2. The van der Waals surface area contributed by atoms with Gasteiger partial charge in [-0.3, -0.25) is 0 Å². The van der Waals surface area contributed by atoms with Crippen molar-refractivity contribution in [1.29, 1.82) is 0 Å². The first-order chi connectivity index (χ1) is 28.5. The quantitative estimate of drug-likeness (QED) is 0.155. The van der Waals surface area contributed by atoms with Crippen molar-refractivity contribution in [1.82, 2.24) is 9.13 Å². The van der Waals surface area contributed by atoms with E-state index in [4.69, 9.17) is 0 Å². The van der Waals surface area contributed by atoms with Crippen LogP contribution in [-0.4, -0.2) is 15.8 Å². The molecular weight excluding hydrogens is 699 g/mol. The third kappa shape index (κ3) is 5.19. The fraction of sp³-hybridized carbons (Fsp3) is 0.127. The van der Waals surface area contributed by atoms with Crippen molar-refractivity contribution in [3.63, 3.8) is 0 Å². The van der Waals surface area contributed by atoms with Crippen LogP contribution in [0.4, 0.5) is 0 Å². The van der Waals surface area contributed by atoms with Crippen LogP contribution >= 0.6 is 0 Å². The van der Waals surface area contributed by atoms with Crippen molar-refractivity contribution < 1.29 is 0 Å². The summed E-state index contributed by atoms with van der Waals surface area (Å²) < 4.78 is 5.00. The van der Waals surface area contributed by atoms with Gasteiger partial charge in [0.2, 0.25) is 6.71 Å². The third-order valence-electron chi connectivity index (χ3n) is 13.4. The molecule has 2 aromatic heterocycles. The first-order valence-electron chi connectivity index (χ1n) is 20.8. The summed E-state index contributed by atoms with van der Waals surface area (Å²) in [6.45, 7) is 9.72. The lowest BCUT2D eigenvalue weighted by Crippen LogP contribution is -2.51. The molecule has 2 aliphatic carbocycles.